The fraction of sp³-hybridized carbons (Fsp3) is 0.250. The van der Waals surface area contributed by atoms with Crippen LogP contribution >= 0.6 is 12.2 Å². The van der Waals surface area contributed by atoms with Gasteiger partial charge in [0, 0.05) is 0 Å². The average Bonchev–Trinajstić information content (AvgIpc) is 2.66. The van der Waals surface area contributed by atoms with Crippen molar-refractivity contribution in [3.8, 4) is 6.07 Å². The van der Waals surface area contributed by atoms with Gasteiger partial charge in [-0.3, -0.25) is 4.79 Å². The molecule has 0 radical (unpaired) electrons. The quantitative estimate of drug-likeness (QED) is 0.678. The number of rotatable bonds is 3. The Hall–Kier alpha value is -2.13. The maximum absolute atomic E-state index is 11.5. The molecule has 1 aromatic carbocycles. The molecule has 1 N–H and O–H groups in total. The summed E-state index contributed by atoms with van der Waals surface area (Å²) >= 11 is 5.15. The second kappa shape index (κ2) is 5.02. The van der Waals surface area contributed by atoms with Crippen LogP contribution in [0, 0.1) is 16.1 Å². The Morgan fingerprint density at radius 3 is 3.06 bits per heavy atom. The van der Waals surface area contributed by atoms with Crippen molar-refractivity contribution < 1.29 is 9.53 Å². The summed E-state index contributed by atoms with van der Waals surface area (Å²) in [6, 6.07) is 7.34. The third-order valence-corrected chi connectivity index (χ3v) is 2.85. The topological polar surface area (TPSA) is 70.8 Å². The van der Waals surface area contributed by atoms with Crippen molar-refractivity contribution in [1.29, 1.82) is 5.26 Å². The Balaban J connectivity index is 2.52. The molecule has 0 aliphatic carbocycles. The lowest BCUT2D eigenvalue weighted by Crippen LogP contribution is -2.13. The zero-order valence-corrected chi connectivity index (χ0v) is 10.6. The highest BCUT2D eigenvalue weighted by Gasteiger charge is 2.11. The third-order valence-electron chi connectivity index (χ3n) is 2.52. The van der Waals surface area contributed by atoms with Crippen molar-refractivity contribution in [2.24, 2.45) is 0 Å². The number of aromatic amines is 1. The van der Waals surface area contributed by atoms with Crippen LogP contribution in [0.25, 0.3) is 11.0 Å². The standard InChI is InChI=1S/C12H11N3O2S/c1-2-17-10(16)7-15-9-5-3-4-8(6-13)11(9)14-12(15)18/h3-5H,2,7H2,1H3,(H,14,18). The number of hydrogen-bond acceptors (Lipinski definition) is 4. The van der Waals surface area contributed by atoms with E-state index < -0.39 is 0 Å². The first-order chi connectivity index (χ1) is 8.67. The highest BCUT2D eigenvalue weighted by atomic mass is 32.1. The number of imidazole rings is 1. The lowest BCUT2D eigenvalue weighted by atomic mass is 10.2. The Morgan fingerprint density at radius 2 is 2.39 bits per heavy atom. The largest absolute Gasteiger partial charge is 0.465 e. The fourth-order valence-electron chi connectivity index (χ4n) is 1.77. The van der Waals surface area contributed by atoms with Crippen LogP contribution in [0.5, 0.6) is 0 Å². The van der Waals surface area contributed by atoms with E-state index in [-0.39, 0.29) is 12.5 Å². The van der Waals surface area contributed by atoms with Crippen LogP contribution in [-0.2, 0) is 16.1 Å². The number of H-pyrrole nitrogens is 1. The van der Waals surface area contributed by atoms with Crippen LogP contribution in [0.2, 0.25) is 0 Å². The Bertz CT molecular complexity index is 693. The molecule has 0 unspecified atom stereocenters. The average molecular weight is 261 g/mol. The Morgan fingerprint density at radius 1 is 1.61 bits per heavy atom. The molecule has 1 heterocycles. The Kier molecular flexibility index (Phi) is 3.44. The normalized spacial score (nSPS) is 10.2. The molecule has 2 rings (SSSR count). The molecule has 0 aliphatic rings. The summed E-state index contributed by atoms with van der Waals surface area (Å²) in [5, 5.41) is 9.00. The Labute approximate surface area is 109 Å². The maximum atomic E-state index is 11.5. The number of ether oxygens (including phenoxy) is 1. The molecule has 6 heteroatoms. The fourth-order valence-corrected chi connectivity index (χ4v) is 2.03. The van der Waals surface area contributed by atoms with Crippen LogP contribution in [0.3, 0.4) is 0 Å². The summed E-state index contributed by atoms with van der Waals surface area (Å²) < 4.78 is 6.92. The number of carbonyl (C=O) groups excluding carboxylic acids is 1. The van der Waals surface area contributed by atoms with Gasteiger partial charge in [-0.15, -0.1) is 0 Å². The summed E-state index contributed by atoms with van der Waals surface area (Å²) in [5.74, 6) is -0.350. The number of nitrogens with zero attached hydrogens (tertiary/aromatic N) is 2. The zero-order valence-electron chi connectivity index (χ0n) is 9.77. The number of carbonyl (C=O) groups is 1. The minimum Gasteiger partial charge on any atom is -0.465 e. The second-order valence-electron chi connectivity index (χ2n) is 3.63. The van der Waals surface area contributed by atoms with Crippen molar-refractivity contribution in [3.63, 3.8) is 0 Å². The lowest BCUT2D eigenvalue weighted by Gasteiger charge is -2.04. The lowest BCUT2D eigenvalue weighted by molar-refractivity contribution is -0.143. The van der Waals surface area contributed by atoms with Gasteiger partial charge in [0.15, 0.2) is 4.77 Å². The predicted octanol–water partition coefficient (Wildman–Crippen LogP) is 2.13. The van der Waals surface area contributed by atoms with Gasteiger partial charge >= 0.3 is 5.97 Å². The molecule has 2 aromatic rings. The molecule has 92 valence electrons. The molecule has 0 bridgehead atoms. The molecule has 0 saturated heterocycles. The molecule has 0 saturated carbocycles. The number of benzene rings is 1. The summed E-state index contributed by atoms with van der Waals surface area (Å²) in [5.41, 5.74) is 1.88. The molecule has 18 heavy (non-hydrogen) atoms. The molecular formula is C12H11N3O2S. The van der Waals surface area contributed by atoms with E-state index in [1.54, 1.807) is 23.6 Å². The van der Waals surface area contributed by atoms with E-state index >= 15 is 0 Å². The molecule has 1 aromatic heterocycles. The van der Waals surface area contributed by atoms with E-state index in [9.17, 15) is 4.79 Å². The van der Waals surface area contributed by atoms with Crippen molar-refractivity contribution in [2.75, 3.05) is 6.61 Å². The van der Waals surface area contributed by atoms with E-state index in [2.05, 4.69) is 11.1 Å². The van der Waals surface area contributed by atoms with Gasteiger partial charge in [0.2, 0.25) is 0 Å². The van der Waals surface area contributed by atoms with E-state index in [4.69, 9.17) is 22.2 Å². The number of para-hydroxylation sites is 1. The summed E-state index contributed by atoms with van der Waals surface area (Å²) in [6.07, 6.45) is 0. The van der Waals surface area contributed by atoms with Gasteiger partial charge in [-0.05, 0) is 31.3 Å². The summed E-state index contributed by atoms with van der Waals surface area (Å²) in [6.45, 7) is 2.12. The number of fused-ring (bicyclic) bond motifs is 1. The molecule has 0 amide bonds. The third kappa shape index (κ3) is 2.13. The number of nitriles is 1. The van der Waals surface area contributed by atoms with Gasteiger partial charge in [0.25, 0.3) is 0 Å². The highest BCUT2D eigenvalue weighted by Crippen LogP contribution is 2.17. The van der Waals surface area contributed by atoms with Gasteiger partial charge in [-0.1, -0.05) is 6.07 Å². The van der Waals surface area contributed by atoms with Gasteiger partial charge in [-0.2, -0.15) is 5.26 Å². The van der Waals surface area contributed by atoms with Gasteiger partial charge < -0.3 is 14.3 Å². The minimum absolute atomic E-state index is 0.0432. The number of hydrogen-bond donors (Lipinski definition) is 1. The first-order valence-electron chi connectivity index (χ1n) is 5.44. The summed E-state index contributed by atoms with van der Waals surface area (Å²) in [7, 11) is 0. The first kappa shape index (κ1) is 12.3. The van der Waals surface area contributed by atoms with Gasteiger partial charge in [0.1, 0.15) is 12.6 Å². The van der Waals surface area contributed by atoms with E-state index in [1.165, 1.54) is 0 Å². The molecule has 0 spiro atoms. The maximum Gasteiger partial charge on any atom is 0.326 e. The van der Waals surface area contributed by atoms with Crippen molar-refractivity contribution in [1.82, 2.24) is 9.55 Å². The smallest absolute Gasteiger partial charge is 0.326 e. The summed E-state index contributed by atoms with van der Waals surface area (Å²) in [4.78, 5) is 14.4. The molecule has 0 fully saturated rings. The molecule has 0 aliphatic heterocycles. The van der Waals surface area contributed by atoms with E-state index in [1.807, 2.05) is 6.07 Å². The van der Waals surface area contributed by atoms with Crippen LogP contribution in [0.15, 0.2) is 18.2 Å². The van der Waals surface area contributed by atoms with Crippen molar-refractivity contribution >= 4 is 29.2 Å². The predicted molar refractivity (Wildman–Crippen MR) is 68.5 cm³/mol. The van der Waals surface area contributed by atoms with Crippen molar-refractivity contribution in [2.45, 2.75) is 13.5 Å². The van der Waals surface area contributed by atoms with Crippen LogP contribution in [0.1, 0.15) is 12.5 Å². The van der Waals surface area contributed by atoms with Gasteiger partial charge in [0.05, 0.1) is 23.2 Å². The SMILES string of the molecule is CCOC(=O)Cn1c(=S)[nH]c2c(C#N)cccc21. The van der Waals surface area contributed by atoms with E-state index in [0.29, 0.717) is 22.5 Å². The van der Waals surface area contributed by atoms with Crippen LogP contribution in [-0.4, -0.2) is 22.1 Å². The van der Waals surface area contributed by atoms with E-state index in [0.717, 1.165) is 5.52 Å². The van der Waals surface area contributed by atoms with Crippen LogP contribution < -0.4 is 0 Å². The molecule has 0 atom stereocenters. The highest BCUT2D eigenvalue weighted by molar-refractivity contribution is 7.71. The number of aromatic nitrogens is 2. The minimum atomic E-state index is -0.350. The second-order valence-corrected chi connectivity index (χ2v) is 4.02. The monoisotopic (exact) mass is 261 g/mol. The zero-order chi connectivity index (χ0) is 13.1. The van der Waals surface area contributed by atoms with Gasteiger partial charge in [-0.25, -0.2) is 0 Å². The van der Waals surface area contributed by atoms with Crippen LogP contribution in [0.4, 0.5) is 0 Å². The number of nitrogens with one attached hydrogen (secondary N) is 1. The van der Waals surface area contributed by atoms with Crippen molar-refractivity contribution in [3.05, 3.63) is 28.5 Å². The first-order valence-corrected chi connectivity index (χ1v) is 5.85. The molecule has 5 nitrogen and oxygen atoms in total. The molecular weight excluding hydrogens is 250 g/mol. The number of esters is 1.